The molecule has 2 N–H and O–H groups in total. The van der Waals surface area contributed by atoms with E-state index >= 15 is 0 Å². The Labute approximate surface area is 323 Å². The number of hydrogen-bond donors (Lipinski definition) is 2. The summed E-state index contributed by atoms with van der Waals surface area (Å²) in [6, 6.07) is 5.57. The molecule has 14 nitrogen and oxygen atoms in total. The molecule has 0 saturated carbocycles. The monoisotopic (exact) mass is 752 g/mol. The Balaban J connectivity index is 1.01. The van der Waals surface area contributed by atoms with Gasteiger partial charge in [0, 0.05) is 37.1 Å². The van der Waals surface area contributed by atoms with Crippen molar-refractivity contribution >= 4 is 23.4 Å². The molecular formula is C41H56N10O4. The number of amides is 2. The Morgan fingerprint density at radius 3 is 2.75 bits per heavy atom. The van der Waals surface area contributed by atoms with Gasteiger partial charge in [0.15, 0.2) is 11.9 Å². The van der Waals surface area contributed by atoms with Gasteiger partial charge < -0.3 is 24.4 Å². The third-order valence-corrected chi connectivity index (χ3v) is 10.6. The van der Waals surface area contributed by atoms with Crippen molar-refractivity contribution in [3.05, 3.63) is 78.9 Å². The second-order valence-corrected chi connectivity index (χ2v) is 15.9. The number of pyridine rings is 1. The lowest BCUT2D eigenvalue weighted by atomic mass is 9.92. The van der Waals surface area contributed by atoms with Crippen molar-refractivity contribution in [3.63, 3.8) is 0 Å². The standard InChI is InChI=1S/C41H56N10O4/c1-29-13-7-6-8-15-32(55-33-18-20-36-45-46-40(50(36)28-33)49-21-11-9-14-30(49)2)17-19-34(29)43-39(52)44-37-25-35(41(3,4)5)47-51(37)31-26-42-48(27-31)22-24-54-38-16-10-12-23-53-38/h6-8,13,18,20,25-28,30,32,34,38H,1,9-12,14-17,19,21-24H2,2-5H3,(H2,43,44,52)/b8-6-,13-7-/t30-,32-,34-,38?/m0/s1. The van der Waals surface area contributed by atoms with Gasteiger partial charge in [-0.2, -0.15) is 10.2 Å². The number of nitrogens with zero attached hydrogens (tertiary/aromatic N) is 8. The summed E-state index contributed by atoms with van der Waals surface area (Å²) in [5, 5.41) is 24.7. The van der Waals surface area contributed by atoms with E-state index < -0.39 is 0 Å². The largest absolute Gasteiger partial charge is 0.489 e. The predicted molar refractivity (Wildman–Crippen MR) is 213 cm³/mol. The summed E-state index contributed by atoms with van der Waals surface area (Å²) in [6.07, 6.45) is 22.1. The highest BCUT2D eigenvalue weighted by Gasteiger charge is 2.26. The van der Waals surface area contributed by atoms with Crippen molar-refractivity contribution in [2.24, 2.45) is 0 Å². The highest BCUT2D eigenvalue weighted by molar-refractivity contribution is 5.89. The van der Waals surface area contributed by atoms with E-state index in [1.807, 2.05) is 57.9 Å². The summed E-state index contributed by atoms with van der Waals surface area (Å²) < 4.78 is 23.8. The topological polar surface area (TPSA) is 138 Å². The van der Waals surface area contributed by atoms with E-state index in [1.54, 1.807) is 10.9 Å². The summed E-state index contributed by atoms with van der Waals surface area (Å²) in [7, 11) is 0. The summed E-state index contributed by atoms with van der Waals surface area (Å²) in [5.41, 5.74) is 2.93. The van der Waals surface area contributed by atoms with E-state index in [-0.39, 0.29) is 29.9 Å². The SMILES string of the molecule is C=C1/C=C\C=C/C[C@H](Oc2ccc3nnc(N4CCCC[C@@H]4C)n3c2)CC[C@@H]1NC(=O)Nc1cc(C(C)(C)C)nn1-c1cnn(CCOC2CCCCO2)c1. The van der Waals surface area contributed by atoms with Crippen molar-refractivity contribution in [2.45, 2.75) is 122 Å². The summed E-state index contributed by atoms with van der Waals surface area (Å²) in [6.45, 7) is 15.6. The van der Waals surface area contributed by atoms with Gasteiger partial charge >= 0.3 is 6.03 Å². The maximum atomic E-state index is 13.7. The molecule has 7 rings (SSSR count). The average molecular weight is 753 g/mol. The van der Waals surface area contributed by atoms with Crippen LogP contribution >= 0.6 is 0 Å². The molecule has 0 radical (unpaired) electrons. The minimum Gasteiger partial charge on any atom is -0.489 e. The van der Waals surface area contributed by atoms with Crippen molar-refractivity contribution in [2.75, 3.05) is 30.0 Å². The van der Waals surface area contributed by atoms with Crippen LogP contribution < -0.4 is 20.3 Å². The van der Waals surface area contributed by atoms with Gasteiger partial charge in [-0.15, -0.1) is 10.2 Å². The molecule has 55 heavy (non-hydrogen) atoms. The van der Waals surface area contributed by atoms with Crippen LogP contribution in [-0.4, -0.2) is 84.4 Å². The Kier molecular flexibility index (Phi) is 12.0. The van der Waals surface area contributed by atoms with Gasteiger partial charge in [0.1, 0.15) is 23.4 Å². The number of fused-ring (bicyclic) bond motifs is 1. The van der Waals surface area contributed by atoms with Gasteiger partial charge in [0.05, 0.1) is 43.5 Å². The molecule has 2 amide bonds. The molecule has 1 aliphatic carbocycles. The maximum absolute atomic E-state index is 13.7. The van der Waals surface area contributed by atoms with Crippen molar-refractivity contribution in [1.82, 2.24) is 39.5 Å². The maximum Gasteiger partial charge on any atom is 0.320 e. The van der Waals surface area contributed by atoms with Crippen LogP contribution in [0.2, 0.25) is 0 Å². The van der Waals surface area contributed by atoms with Gasteiger partial charge in [-0.05, 0) is 76.0 Å². The molecule has 1 unspecified atom stereocenters. The average Bonchev–Trinajstić information content (AvgIpc) is 3.92. The van der Waals surface area contributed by atoms with Crippen LogP contribution in [0.5, 0.6) is 5.75 Å². The molecule has 2 fully saturated rings. The van der Waals surface area contributed by atoms with Crippen LogP contribution in [0.4, 0.5) is 16.6 Å². The first-order valence-corrected chi connectivity index (χ1v) is 19.8. The van der Waals surface area contributed by atoms with Crippen LogP contribution in [0.3, 0.4) is 0 Å². The molecule has 6 heterocycles. The first kappa shape index (κ1) is 38.3. The molecule has 0 aromatic carbocycles. The molecule has 0 spiro atoms. The minimum absolute atomic E-state index is 0.123. The fourth-order valence-electron chi connectivity index (χ4n) is 7.29. The van der Waals surface area contributed by atoms with Crippen molar-refractivity contribution < 1.29 is 19.0 Å². The molecule has 4 atom stereocenters. The number of nitrogens with one attached hydrogen (secondary N) is 2. The van der Waals surface area contributed by atoms with Crippen LogP contribution in [-0.2, 0) is 21.4 Å². The van der Waals surface area contributed by atoms with E-state index in [0.717, 1.165) is 86.0 Å². The Hall–Kier alpha value is -4.95. The molecule has 4 aromatic heterocycles. The molecule has 4 aromatic rings. The number of anilines is 2. The second-order valence-electron chi connectivity index (χ2n) is 15.9. The molecule has 294 valence electrons. The molecule has 14 heteroatoms. The highest BCUT2D eigenvalue weighted by atomic mass is 16.7. The summed E-state index contributed by atoms with van der Waals surface area (Å²) in [4.78, 5) is 16.1. The van der Waals surface area contributed by atoms with Crippen LogP contribution in [0.15, 0.2) is 73.2 Å². The molecular weight excluding hydrogens is 697 g/mol. The number of allylic oxidation sites excluding steroid dienone is 2. The molecule has 0 bridgehead atoms. The molecule has 2 aliphatic heterocycles. The number of urea groups is 1. The number of piperidine rings is 1. The van der Waals surface area contributed by atoms with E-state index in [4.69, 9.17) is 19.3 Å². The zero-order chi connectivity index (χ0) is 38.4. The van der Waals surface area contributed by atoms with Gasteiger partial charge in [-0.25, -0.2) is 9.48 Å². The Bertz CT molecular complexity index is 1980. The quantitative estimate of drug-likeness (QED) is 0.173. The zero-order valence-corrected chi connectivity index (χ0v) is 32.7. The Morgan fingerprint density at radius 2 is 1.93 bits per heavy atom. The van der Waals surface area contributed by atoms with E-state index in [1.165, 1.54) is 6.42 Å². The highest BCUT2D eigenvalue weighted by Crippen LogP contribution is 2.28. The molecule has 3 aliphatic rings. The van der Waals surface area contributed by atoms with Crippen molar-refractivity contribution in [3.8, 4) is 11.4 Å². The lowest BCUT2D eigenvalue weighted by Crippen LogP contribution is -2.40. The van der Waals surface area contributed by atoms with Gasteiger partial charge in [0.2, 0.25) is 5.95 Å². The lowest BCUT2D eigenvalue weighted by molar-refractivity contribution is -0.163. The minimum atomic E-state index is -0.350. The Morgan fingerprint density at radius 1 is 1.05 bits per heavy atom. The van der Waals surface area contributed by atoms with Crippen LogP contribution in [0.1, 0.15) is 91.2 Å². The third kappa shape index (κ3) is 9.65. The smallest absolute Gasteiger partial charge is 0.320 e. The zero-order valence-electron chi connectivity index (χ0n) is 32.7. The number of ether oxygens (including phenoxy) is 3. The predicted octanol–water partition coefficient (Wildman–Crippen LogP) is 7.12. The van der Waals surface area contributed by atoms with Gasteiger partial charge in [-0.3, -0.25) is 14.4 Å². The molecule has 2 saturated heterocycles. The van der Waals surface area contributed by atoms with E-state index in [0.29, 0.717) is 37.9 Å². The second kappa shape index (κ2) is 17.2. The number of rotatable bonds is 10. The number of carbonyl (C=O) groups excluding carboxylic acids is 1. The summed E-state index contributed by atoms with van der Waals surface area (Å²) in [5.74, 6) is 2.15. The van der Waals surface area contributed by atoms with Crippen LogP contribution in [0.25, 0.3) is 11.3 Å². The van der Waals surface area contributed by atoms with E-state index in [9.17, 15) is 4.79 Å². The first-order chi connectivity index (χ1) is 26.6. The summed E-state index contributed by atoms with van der Waals surface area (Å²) >= 11 is 0. The van der Waals surface area contributed by atoms with Gasteiger partial charge in [0.25, 0.3) is 0 Å². The normalized spacial score (nSPS) is 23.7. The fourth-order valence-corrected chi connectivity index (χ4v) is 7.29. The third-order valence-electron chi connectivity index (χ3n) is 10.6. The lowest BCUT2D eigenvalue weighted by Gasteiger charge is -2.33. The van der Waals surface area contributed by atoms with Gasteiger partial charge in [-0.1, -0.05) is 51.7 Å². The number of hydrogen-bond acceptors (Lipinski definition) is 9. The van der Waals surface area contributed by atoms with Crippen LogP contribution in [0, 0.1) is 0 Å². The van der Waals surface area contributed by atoms with Crippen molar-refractivity contribution in [1.29, 1.82) is 0 Å². The number of carbonyl (C=O) groups is 1. The van der Waals surface area contributed by atoms with E-state index in [2.05, 4.69) is 71.2 Å². The first-order valence-electron chi connectivity index (χ1n) is 19.8. The fraction of sp³-hybridized carbons (Fsp3) is 0.537. The number of aromatic nitrogens is 7.